The molecule has 0 aliphatic carbocycles. The Labute approximate surface area is 124 Å². The monoisotopic (exact) mass is 281 g/mol. The molecule has 0 fully saturated rings. The van der Waals surface area contributed by atoms with Gasteiger partial charge in [-0.05, 0) is 13.3 Å². The van der Waals surface area contributed by atoms with Crippen LogP contribution in [0.4, 0.5) is 5.69 Å². The molecule has 1 amide bonds. The molecule has 2 heterocycles. The van der Waals surface area contributed by atoms with Crippen molar-refractivity contribution in [1.29, 1.82) is 0 Å². The largest absolute Gasteiger partial charge is 0.349 e. The Bertz CT molecular complexity index is 726. The molecule has 2 aromatic rings. The number of fused-ring (bicyclic) bond motifs is 1. The van der Waals surface area contributed by atoms with Crippen LogP contribution in [0.15, 0.2) is 35.3 Å². The molecule has 21 heavy (non-hydrogen) atoms. The van der Waals surface area contributed by atoms with E-state index in [0.29, 0.717) is 0 Å². The van der Waals surface area contributed by atoms with E-state index < -0.39 is 0 Å². The minimum Gasteiger partial charge on any atom is -0.349 e. The zero-order valence-corrected chi connectivity index (χ0v) is 12.6. The molecule has 1 aromatic heterocycles. The molecular weight excluding hydrogens is 262 g/mol. The summed E-state index contributed by atoms with van der Waals surface area (Å²) in [4.78, 5) is 16.5. The van der Waals surface area contributed by atoms with Gasteiger partial charge in [-0.25, -0.2) is 0 Å². The third-order valence-electron chi connectivity index (χ3n) is 4.07. The molecule has 1 aromatic carbocycles. The van der Waals surface area contributed by atoms with Gasteiger partial charge in [0.05, 0.1) is 11.4 Å². The first-order valence-electron chi connectivity index (χ1n) is 7.21. The van der Waals surface area contributed by atoms with Crippen LogP contribution in [0.5, 0.6) is 0 Å². The van der Waals surface area contributed by atoms with Crippen molar-refractivity contribution in [2.24, 2.45) is 12.0 Å². The van der Waals surface area contributed by atoms with Gasteiger partial charge in [0.25, 0.3) is 0 Å². The number of amides is 1. The number of nitrogens with one attached hydrogen (secondary N) is 1. The molecule has 0 radical (unpaired) electrons. The van der Waals surface area contributed by atoms with Gasteiger partial charge in [-0.1, -0.05) is 37.3 Å². The highest BCUT2D eigenvalue weighted by atomic mass is 16.1. The Hall–Kier alpha value is -2.36. The highest BCUT2D eigenvalue weighted by Crippen LogP contribution is 2.31. The van der Waals surface area contributed by atoms with E-state index in [4.69, 9.17) is 0 Å². The van der Waals surface area contributed by atoms with Crippen molar-refractivity contribution in [3.63, 3.8) is 0 Å². The highest BCUT2D eigenvalue weighted by Gasteiger charge is 2.25. The Kier molecular flexibility index (Phi) is 3.37. The number of hydrogen-bond donors (Lipinski definition) is 1. The van der Waals surface area contributed by atoms with Crippen LogP contribution in [0.25, 0.3) is 0 Å². The third-order valence-corrected chi connectivity index (χ3v) is 4.07. The van der Waals surface area contributed by atoms with E-state index in [-0.39, 0.29) is 12.5 Å². The molecule has 0 bridgehead atoms. The summed E-state index contributed by atoms with van der Waals surface area (Å²) in [6.45, 7) is 4.35. The first-order valence-corrected chi connectivity index (χ1v) is 7.21. The number of rotatable bonds is 2. The van der Waals surface area contributed by atoms with Gasteiger partial charge in [0, 0.05) is 29.6 Å². The van der Waals surface area contributed by atoms with Crippen molar-refractivity contribution in [2.45, 2.75) is 20.3 Å². The lowest BCUT2D eigenvalue weighted by molar-refractivity contribution is -0.114. The van der Waals surface area contributed by atoms with Gasteiger partial charge < -0.3 is 9.88 Å². The Morgan fingerprint density at radius 1 is 1.29 bits per heavy atom. The lowest BCUT2D eigenvalue weighted by Crippen LogP contribution is -2.14. The van der Waals surface area contributed by atoms with Crippen LogP contribution in [0, 0.1) is 6.92 Å². The van der Waals surface area contributed by atoms with Crippen LogP contribution in [0.3, 0.4) is 0 Å². The fourth-order valence-electron chi connectivity index (χ4n) is 2.94. The maximum atomic E-state index is 12.0. The SMILES string of the molecule is CCc1c2c(c(C)n1C)C(c1ccccc1)=NCC(=O)N2. The van der Waals surface area contributed by atoms with Gasteiger partial charge in [-0.15, -0.1) is 0 Å². The molecule has 0 spiro atoms. The number of aliphatic imine (C=N–C) groups is 1. The molecule has 0 unspecified atom stereocenters. The standard InChI is InChI=1S/C17H19N3O/c1-4-13-17-15(11(2)20(13)3)16(18-10-14(21)19-17)12-8-6-5-7-9-12/h5-9H,4,10H2,1-3H3,(H,19,21). The van der Waals surface area contributed by atoms with E-state index in [1.807, 2.05) is 37.4 Å². The van der Waals surface area contributed by atoms with Crippen LogP contribution >= 0.6 is 0 Å². The normalized spacial score (nSPS) is 14.2. The Morgan fingerprint density at radius 3 is 2.67 bits per heavy atom. The first kappa shape index (κ1) is 13.6. The Morgan fingerprint density at radius 2 is 2.00 bits per heavy atom. The number of aromatic nitrogens is 1. The third kappa shape index (κ3) is 2.17. The van der Waals surface area contributed by atoms with Crippen LogP contribution < -0.4 is 5.32 Å². The fraction of sp³-hybridized carbons (Fsp3) is 0.294. The zero-order valence-electron chi connectivity index (χ0n) is 12.6. The minimum atomic E-state index is -0.0533. The summed E-state index contributed by atoms with van der Waals surface area (Å²) >= 11 is 0. The molecule has 1 N–H and O–H groups in total. The van der Waals surface area contributed by atoms with E-state index in [9.17, 15) is 4.79 Å². The topological polar surface area (TPSA) is 46.4 Å². The van der Waals surface area contributed by atoms with Gasteiger partial charge in [0.2, 0.25) is 5.91 Å². The number of carbonyl (C=O) groups is 1. The van der Waals surface area contributed by atoms with Crippen molar-refractivity contribution < 1.29 is 4.79 Å². The minimum absolute atomic E-state index is 0.0533. The van der Waals surface area contributed by atoms with Gasteiger partial charge in [0.15, 0.2) is 0 Å². The quantitative estimate of drug-likeness (QED) is 0.904. The van der Waals surface area contributed by atoms with Crippen molar-refractivity contribution >= 4 is 17.3 Å². The number of hydrogen-bond acceptors (Lipinski definition) is 2. The second kappa shape index (κ2) is 5.20. The van der Waals surface area contributed by atoms with Crippen LogP contribution in [0.2, 0.25) is 0 Å². The summed E-state index contributed by atoms with van der Waals surface area (Å²) in [5, 5.41) is 3.03. The fourth-order valence-corrected chi connectivity index (χ4v) is 2.94. The van der Waals surface area contributed by atoms with Gasteiger partial charge in [0.1, 0.15) is 6.54 Å². The van der Waals surface area contributed by atoms with Crippen LogP contribution in [-0.2, 0) is 18.3 Å². The predicted octanol–water partition coefficient (Wildman–Crippen LogP) is 2.69. The number of carbonyl (C=O) groups excluding carboxylic acids is 1. The van der Waals surface area contributed by atoms with Crippen molar-refractivity contribution in [2.75, 3.05) is 11.9 Å². The summed E-state index contributed by atoms with van der Waals surface area (Å²) < 4.78 is 2.15. The van der Waals surface area contributed by atoms with E-state index in [1.54, 1.807) is 0 Å². The van der Waals surface area contributed by atoms with E-state index >= 15 is 0 Å². The molecule has 0 saturated carbocycles. The molecule has 1 aliphatic heterocycles. The van der Waals surface area contributed by atoms with E-state index in [2.05, 4.69) is 28.7 Å². The zero-order chi connectivity index (χ0) is 15.0. The van der Waals surface area contributed by atoms with Gasteiger partial charge in [-0.3, -0.25) is 9.79 Å². The molecule has 4 heteroatoms. The molecule has 0 atom stereocenters. The van der Waals surface area contributed by atoms with Crippen LogP contribution in [0.1, 0.15) is 29.4 Å². The summed E-state index contributed by atoms with van der Waals surface area (Å²) in [6, 6.07) is 10.1. The molecule has 0 saturated heterocycles. The Balaban J connectivity index is 2.28. The predicted molar refractivity (Wildman–Crippen MR) is 85.1 cm³/mol. The summed E-state index contributed by atoms with van der Waals surface area (Å²) in [5.74, 6) is -0.0533. The molecule has 4 nitrogen and oxygen atoms in total. The molecule has 108 valence electrons. The highest BCUT2D eigenvalue weighted by molar-refractivity contribution is 6.20. The van der Waals surface area contributed by atoms with Gasteiger partial charge >= 0.3 is 0 Å². The summed E-state index contributed by atoms with van der Waals surface area (Å²) in [7, 11) is 2.04. The number of benzene rings is 1. The molecule has 3 rings (SSSR count). The maximum absolute atomic E-state index is 12.0. The maximum Gasteiger partial charge on any atom is 0.246 e. The van der Waals surface area contributed by atoms with Crippen molar-refractivity contribution in [3.8, 4) is 0 Å². The number of anilines is 1. The average Bonchev–Trinajstić information content (AvgIpc) is 2.64. The second-order valence-electron chi connectivity index (χ2n) is 5.27. The van der Waals surface area contributed by atoms with Crippen molar-refractivity contribution in [1.82, 2.24) is 4.57 Å². The first-order chi connectivity index (χ1) is 10.1. The van der Waals surface area contributed by atoms with Crippen LogP contribution in [-0.4, -0.2) is 22.7 Å². The summed E-state index contributed by atoms with van der Waals surface area (Å²) in [5.41, 5.74) is 6.19. The number of nitrogens with zero attached hydrogens (tertiary/aromatic N) is 2. The second-order valence-corrected chi connectivity index (χ2v) is 5.27. The van der Waals surface area contributed by atoms with Gasteiger partial charge in [-0.2, -0.15) is 0 Å². The summed E-state index contributed by atoms with van der Waals surface area (Å²) in [6.07, 6.45) is 0.870. The molecule has 1 aliphatic rings. The smallest absolute Gasteiger partial charge is 0.246 e. The van der Waals surface area contributed by atoms with E-state index in [0.717, 1.165) is 40.3 Å². The average molecular weight is 281 g/mol. The lowest BCUT2D eigenvalue weighted by atomic mass is 10.0. The van der Waals surface area contributed by atoms with E-state index in [1.165, 1.54) is 0 Å². The lowest BCUT2D eigenvalue weighted by Gasteiger charge is -2.07. The molecular formula is C17H19N3O. The van der Waals surface area contributed by atoms with Crippen molar-refractivity contribution in [3.05, 3.63) is 52.8 Å².